The quantitative estimate of drug-likeness (QED) is 0.581. The van der Waals surface area contributed by atoms with Gasteiger partial charge < -0.3 is 15.4 Å². The van der Waals surface area contributed by atoms with Gasteiger partial charge in [-0.3, -0.25) is 9.89 Å². The predicted molar refractivity (Wildman–Crippen MR) is 92.4 cm³/mol. The summed E-state index contributed by atoms with van der Waals surface area (Å²) >= 11 is 0. The Balaban J connectivity index is 1.98. The monoisotopic (exact) mass is 310 g/mol. The summed E-state index contributed by atoms with van der Waals surface area (Å²) in [6, 6.07) is 0. The summed E-state index contributed by atoms with van der Waals surface area (Å²) < 4.78 is 5.49. The third-order valence-corrected chi connectivity index (χ3v) is 4.84. The van der Waals surface area contributed by atoms with E-state index in [1.165, 1.54) is 38.6 Å². The highest BCUT2D eigenvalue weighted by Crippen LogP contribution is 2.37. The Labute approximate surface area is 135 Å². The van der Waals surface area contributed by atoms with Crippen LogP contribution < -0.4 is 10.6 Å². The summed E-state index contributed by atoms with van der Waals surface area (Å²) in [6.07, 6.45) is 6.75. The Morgan fingerprint density at radius 1 is 1.05 bits per heavy atom. The van der Waals surface area contributed by atoms with Gasteiger partial charge in [0.2, 0.25) is 0 Å². The van der Waals surface area contributed by atoms with Crippen molar-refractivity contribution in [3.63, 3.8) is 0 Å². The van der Waals surface area contributed by atoms with Crippen LogP contribution in [0.1, 0.15) is 46.0 Å². The molecule has 1 saturated carbocycles. The van der Waals surface area contributed by atoms with E-state index in [-0.39, 0.29) is 0 Å². The molecule has 22 heavy (non-hydrogen) atoms. The van der Waals surface area contributed by atoms with E-state index in [9.17, 15) is 0 Å². The maximum absolute atomic E-state index is 5.49. The van der Waals surface area contributed by atoms with E-state index in [0.29, 0.717) is 5.41 Å². The van der Waals surface area contributed by atoms with Crippen molar-refractivity contribution >= 4 is 5.96 Å². The van der Waals surface area contributed by atoms with E-state index >= 15 is 0 Å². The van der Waals surface area contributed by atoms with Crippen LogP contribution in [-0.4, -0.2) is 63.3 Å². The van der Waals surface area contributed by atoms with Gasteiger partial charge in [-0.1, -0.05) is 19.3 Å². The summed E-state index contributed by atoms with van der Waals surface area (Å²) in [5.41, 5.74) is 0.367. The second kappa shape index (κ2) is 9.36. The highest BCUT2D eigenvalue weighted by Gasteiger charge is 2.34. The molecule has 2 fully saturated rings. The molecule has 0 unspecified atom stereocenters. The van der Waals surface area contributed by atoms with Crippen molar-refractivity contribution in [3.8, 4) is 0 Å². The van der Waals surface area contributed by atoms with Gasteiger partial charge in [0, 0.05) is 44.7 Å². The lowest BCUT2D eigenvalue weighted by Crippen LogP contribution is -2.46. The van der Waals surface area contributed by atoms with E-state index in [1.54, 1.807) is 0 Å². The smallest absolute Gasteiger partial charge is 0.191 e. The maximum Gasteiger partial charge on any atom is 0.191 e. The maximum atomic E-state index is 5.49. The summed E-state index contributed by atoms with van der Waals surface area (Å²) in [6.45, 7) is 12.2. The first-order valence-electron chi connectivity index (χ1n) is 9.10. The fourth-order valence-corrected chi connectivity index (χ4v) is 3.66. The average Bonchev–Trinajstić information content (AvgIpc) is 2.55. The standard InChI is InChI=1S/C17H34N4O/c1-3-18-16(19-4-2)20-14-17(8-6-5-7-9-17)15-21-10-12-22-13-11-21/h3-15H2,1-2H3,(H2,18,19,20). The zero-order valence-electron chi connectivity index (χ0n) is 14.5. The molecule has 0 aromatic heterocycles. The van der Waals surface area contributed by atoms with Crippen LogP contribution in [0.15, 0.2) is 4.99 Å². The topological polar surface area (TPSA) is 48.9 Å². The van der Waals surface area contributed by atoms with Gasteiger partial charge in [0.1, 0.15) is 0 Å². The molecule has 0 bridgehead atoms. The molecule has 2 rings (SSSR count). The Kier molecular flexibility index (Phi) is 7.46. The number of hydrogen-bond acceptors (Lipinski definition) is 3. The van der Waals surface area contributed by atoms with Gasteiger partial charge in [0.25, 0.3) is 0 Å². The molecule has 1 heterocycles. The molecule has 5 heteroatoms. The molecule has 128 valence electrons. The van der Waals surface area contributed by atoms with Crippen LogP contribution in [-0.2, 0) is 4.74 Å². The highest BCUT2D eigenvalue weighted by molar-refractivity contribution is 5.79. The Morgan fingerprint density at radius 3 is 2.27 bits per heavy atom. The van der Waals surface area contributed by atoms with Crippen LogP contribution in [0, 0.1) is 5.41 Å². The van der Waals surface area contributed by atoms with Crippen molar-refractivity contribution < 1.29 is 4.74 Å². The first-order chi connectivity index (χ1) is 10.8. The first kappa shape index (κ1) is 17.5. The second-order valence-electron chi connectivity index (χ2n) is 6.67. The minimum Gasteiger partial charge on any atom is -0.379 e. The van der Waals surface area contributed by atoms with Crippen molar-refractivity contribution in [2.75, 3.05) is 52.5 Å². The Hall–Kier alpha value is -0.810. The summed E-state index contributed by atoms with van der Waals surface area (Å²) in [7, 11) is 0. The molecule has 0 amide bonds. The molecule has 0 spiro atoms. The largest absolute Gasteiger partial charge is 0.379 e. The number of morpholine rings is 1. The molecule has 0 aromatic rings. The van der Waals surface area contributed by atoms with Crippen LogP contribution in [0.3, 0.4) is 0 Å². The first-order valence-corrected chi connectivity index (χ1v) is 9.10. The normalized spacial score (nSPS) is 22.1. The van der Waals surface area contributed by atoms with Gasteiger partial charge in [-0.2, -0.15) is 0 Å². The van der Waals surface area contributed by atoms with E-state index in [2.05, 4.69) is 29.4 Å². The summed E-state index contributed by atoms with van der Waals surface area (Å²) in [4.78, 5) is 7.49. The van der Waals surface area contributed by atoms with Crippen molar-refractivity contribution in [3.05, 3.63) is 0 Å². The van der Waals surface area contributed by atoms with Crippen LogP contribution in [0.5, 0.6) is 0 Å². The van der Waals surface area contributed by atoms with Crippen LogP contribution in [0.2, 0.25) is 0 Å². The zero-order chi connectivity index (χ0) is 15.7. The minimum atomic E-state index is 0.367. The number of rotatable bonds is 6. The Bertz CT molecular complexity index is 326. The molecule has 0 atom stereocenters. The van der Waals surface area contributed by atoms with Gasteiger partial charge in [0.05, 0.1) is 13.2 Å². The van der Waals surface area contributed by atoms with Crippen LogP contribution in [0.25, 0.3) is 0 Å². The Morgan fingerprint density at radius 2 is 1.68 bits per heavy atom. The summed E-state index contributed by atoms with van der Waals surface area (Å²) in [5.74, 6) is 0.969. The predicted octanol–water partition coefficient (Wildman–Crippen LogP) is 1.84. The van der Waals surface area contributed by atoms with Crippen LogP contribution >= 0.6 is 0 Å². The fourth-order valence-electron chi connectivity index (χ4n) is 3.66. The molecule has 1 aliphatic heterocycles. The average molecular weight is 310 g/mol. The molecular weight excluding hydrogens is 276 g/mol. The number of hydrogen-bond donors (Lipinski definition) is 2. The van der Waals surface area contributed by atoms with Crippen molar-refractivity contribution in [1.82, 2.24) is 15.5 Å². The molecule has 2 aliphatic rings. The lowest BCUT2D eigenvalue weighted by molar-refractivity contribution is 0.00937. The minimum absolute atomic E-state index is 0.367. The number of aliphatic imine (C=N–C) groups is 1. The third-order valence-electron chi connectivity index (χ3n) is 4.84. The van der Waals surface area contributed by atoms with Crippen molar-refractivity contribution in [2.24, 2.45) is 10.4 Å². The second-order valence-corrected chi connectivity index (χ2v) is 6.67. The molecule has 2 N–H and O–H groups in total. The lowest BCUT2D eigenvalue weighted by Gasteiger charge is -2.41. The zero-order valence-corrected chi connectivity index (χ0v) is 14.5. The van der Waals surface area contributed by atoms with Gasteiger partial charge in [0.15, 0.2) is 5.96 Å². The fraction of sp³-hybridized carbons (Fsp3) is 0.941. The van der Waals surface area contributed by atoms with Gasteiger partial charge in [-0.15, -0.1) is 0 Å². The number of nitrogens with zero attached hydrogens (tertiary/aromatic N) is 2. The van der Waals surface area contributed by atoms with E-state index in [1.807, 2.05) is 0 Å². The van der Waals surface area contributed by atoms with Gasteiger partial charge in [-0.05, 0) is 26.7 Å². The van der Waals surface area contributed by atoms with E-state index in [0.717, 1.165) is 51.9 Å². The van der Waals surface area contributed by atoms with Crippen molar-refractivity contribution in [1.29, 1.82) is 0 Å². The molecule has 5 nitrogen and oxygen atoms in total. The SMILES string of the molecule is CCNC(=NCC1(CN2CCOCC2)CCCCC1)NCC. The number of ether oxygens (including phenoxy) is 1. The van der Waals surface area contributed by atoms with Gasteiger partial charge >= 0.3 is 0 Å². The lowest BCUT2D eigenvalue weighted by atomic mass is 9.73. The summed E-state index contributed by atoms with van der Waals surface area (Å²) in [5, 5.41) is 6.70. The van der Waals surface area contributed by atoms with Crippen LogP contribution in [0.4, 0.5) is 0 Å². The van der Waals surface area contributed by atoms with E-state index in [4.69, 9.17) is 9.73 Å². The van der Waals surface area contributed by atoms with Crippen molar-refractivity contribution in [2.45, 2.75) is 46.0 Å². The highest BCUT2D eigenvalue weighted by atomic mass is 16.5. The van der Waals surface area contributed by atoms with Gasteiger partial charge in [-0.25, -0.2) is 0 Å². The molecular formula is C17H34N4O. The number of nitrogens with one attached hydrogen (secondary N) is 2. The van der Waals surface area contributed by atoms with E-state index < -0.39 is 0 Å². The third kappa shape index (κ3) is 5.43. The number of guanidine groups is 1. The molecule has 1 aliphatic carbocycles. The molecule has 1 saturated heterocycles. The molecule has 0 aromatic carbocycles. The molecule has 0 radical (unpaired) electrons.